The number of phenols is 1. The quantitative estimate of drug-likeness (QED) is 0.634. The third kappa shape index (κ3) is 1.08. The Hall–Kier alpha value is -1.84. The lowest BCUT2D eigenvalue weighted by atomic mass is 10.1. The highest BCUT2D eigenvalue weighted by Crippen LogP contribution is 2.29. The Labute approximate surface area is 78.6 Å². The van der Waals surface area contributed by atoms with Crippen LogP contribution < -0.4 is 5.73 Å². The molecule has 0 heterocycles. The maximum Gasteiger partial charge on any atom is 0.172 e. The maximum atomic E-state index is 13.3. The molecule has 0 atom stereocenters. The molecule has 0 saturated carbocycles. The SMILES string of the molecule is Nc1ccc2c(F)c(O)ccc2c1F. The Balaban J connectivity index is 2.94. The minimum Gasteiger partial charge on any atom is -0.505 e. The van der Waals surface area contributed by atoms with Gasteiger partial charge >= 0.3 is 0 Å². The summed E-state index contributed by atoms with van der Waals surface area (Å²) in [5.41, 5.74) is 5.27. The summed E-state index contributed by atoms with van der Waals surface area (Å²) in [7, 11) is 0. The first-order valence-corrected chi connectivity index (χ1v) is 3.96. The highest BCUT2D eigenvalue weighted by Gasteiger charge is 2.10. The lowest BCUT2D eigenvalue weighted by molar-refractivity contribution is 0.436. The topological polar surface area (TPSA) is 46.2 Å². The molecule has 4 heteroatoms. The summed E-state index contributed by atoms with van der Waals surface area (Å²) in [6.07, 6.45) is 0. The molecular weight excluding hydrogens is 188 g/mol. The van der Waals surface area contributed by atoms with Crippen LogP contribution in [0.15, 0.2) is 24.3 Å². The van der Waals surface area contributed by atoms with E-state index in [-0.39, 0.29) is 16.5 Å². The largest absolute Gasteiger partial charge is 0.505 e. The van der Waals surface area contributed by atoms with E-state index in [4.69, 9.17) is 10.8 Å². The zero-order valence-electron chi connectivity index (χ0n) is 7.09. The van der Waals surface area contributed by atoms with Crippen molar-refractivity contribution in [3.8, 4) is 5.75 Å². The summed E-state index contributed by atoms with van der Waals surface area (Å²) in [6.45, 7) is 0. The number of rotatable bonds is 0. The van der Waals surface area contributed by atoms with Crippen LogP contribution in [0, 0.1) is 11.6 Å². The molecule has 0 amide bonds. The predicted molar refractivity (Wildman–Crippen MR) is 49.9 cm³/mol. The Morgan fingerprint density at radius 2 is 1.50 bits per heavy atom. The molecule has 72 valence electrons. The van der Waals surface area contributed by atoms with Gasteiger partial charge in [-0.2, -0.15) is 0 Å². The van der Waals surface area contributed by atoms with Crippen molar-refractivity contribution in [2.45, 2.75) is 0 Å². The van der Waals surface area contributed by atoms with E-state index < -0.39 is 17.4 Å². The van der Waals surface area contributed by atoms with Crippen molar-refractivity contribution >= 4 is 16.5 Å². The normalized spacial score (nSPS) is 10.7. The number of halogens is 2. The van der Waals surface area contributed by atoms with Crippen molar-refractivity contribution in [2.24, 2.45) is 0 Å². The molecule has 0 aromatic heterocycles. The van der Waals surface area contributed by atoms with E-state index in [1.165, 1.54) is 18.2 Å². The average Bonchev–Trinajstić information content (AvgIpc) is 2.17. The monoisotopic (exact) mass is 195 g/mol. The van der Waals surface area contributed by atoms with Gasteiger partial charge in [0.2, 0.25) is 0 Å². The van der Waals surface area contributed by atoms with Crippen LogP contribution in [-0.2, 0) is 0 Å². The second kappa shape index (κ2) is 2.83. The van der Waals surface area contributed by atoms with Crippen LogP contribution in [0.5, 0.6) is 5.75 Å². The maximum absolute atomic E-state index is 13.3. The molecule has 0 fully saturated rings. The van der Waals surface area contributed by atoms with Crippen LogP contribution in [0.1, 0.15) is 0 Å². The summed E-state index contributed by atoms with van der Waals surface area (Å²) in [4.78, 5) is 0. The number of hydrogen-bond donors (Lipinski definition) is 2. The van der Waals surface area contributed by atoms with E-state index in [9.17, 15) is 8.78 Å². The lowest BCUT2D eigenvalue weighted by Crippen LogP contribution is -1.92. The van der Waals surface area contributed by atoms with Gasteiger partial charge < -0.3 is 10.8 Å². The second-order valence-corrected chi connectivity index (χ2v) is 2.96. The Kier molecular flexibility index (Phi) is 1.77. The van der Waals surface area contributed by atoms with Crippen LogP contribution in [0.3, 0.4) is 0 Å². The molecule has 2 nitrogen and oxygen atoms in total. The highest BCUT2D eigenvalue weighted by atomic mass is 19.1. The number of nitrogens with two attached hydrogens (primary N) is 1. The van der Waals surface area contributed by atoms with Gasteiger partial charge in [0.15, 0.2) is 17.4 Å². The lowest BCUT2D eigenvalue weighted by Gasteiger charge is -2.04. The van der Waals surface area contributed by atoms with Gasteiger partial charge in [-0.15, -0.1) is 0 Å². The van der Waals surface area contributed by atoms with Crippen LogP contribution in [0.2, 0.25) is 0 Å². The third-order valence-electron chi connectivity index (χ3n) is 2.08. The fraction of sp³-hybridized carbons (Fsp3) is 0. The van der Waals surface area contributed by atoms with E-state index in [1.54, 1.807) is 0 Å². The van der Waals surface area contributed by atoms with E-state index >= 15 is 0 Å². The van der Waals surface area contributed by atoms with Crippen LogP contribution >= 0.6 is 0 Å². The van der Waals surface area contributed by atoms with Gasteiger partial charge in [-0.1, -0.05) is 0 Å². The number of anilines is 1. The van der Waals surface area contributed by atoms with Gasteiger partial charge in [0.25, 0.3) is 0 Å². The molecule has 0 aliphatic carbocycles. The zero-order chi connectivity index (χ0) is 10.3. The molecule has 3 N–H and O–H groups in total. The van der Waals surface area contributed by atoms with Crippen LogP contribution in [0.4, 0.5) is 14.5 Å². The Morgan fingerprint density at radius 3 is 2.21 bits per heavy atom. The van der Waals surface area contributed by atoms with Crippen molar-refractivity contribution in [3.05, 3.63) is 35.9 Å². The predicted octanol–water partition coefficient (Wildman–Crippen LogP) is 2.41. The van der Waals surface area contributed by atoms with Crippen LogP contribution in [-0.4, -0.2) is 5.11 Å². The van der Waals surface area contributed by atoms with Crippen molar-refractivity contribution in [2.75, 3.05) is 5.73 Å². The molecule has 0 aliphatic rings. The molecule has 2 aromatic rings. The zero-order valence-corrected chi connectivity index (χ0v) is 7.09. The Bertz CT molecular complexity index is 464. The minimum absolute atomic E-state index is 0.0247. The summed E-state index contributed by atoms with van der Waals surface area (Å²) < 4.78 is 26.6. The number of phenolic OH excluding ortho intramolecular Hbond substituents is 1. The van der Waals surface area contributed by atoms with Gasteiger partial charge in [0.1, 0.15) is 0 Å². The van der Waals surface area contributed by atoms with Crippen molar-refractivity contribution in [3.63, 3.8) is 0 Å². The van der Waals surface area contributed by atoms with Gasteiger partial charge in [-0.3, -0.25) is 0 Å². The number of aromatic hydroxyl groups is 1. The number of benzene rings is 2. The van der Waals surface area contributed by atoms with Crippen molar-refractivity contribution < 1.29 is 13.9 Å². The Morgan fingerprint density at radius 1 is 0.929 bits per heavy atom. The molecule has 2 aromatic carbocycles. The molecular formula is C10H7F2NO. The molecule has 0 radical (unpaired) electrons. The van der Waals surface area contributed by atoms with E-state index in [0.717, 1.165) is 6.07 Å². The van der Waals surface area contributed by atoms with E-state index in [0.29, 0.717) is 0 Å². The van der Waals surface area contributed by atoms with Crippen molar-refractivity contribution in [1.82, 2.24) is 0 Å². The molecule has 0 aliphatic heterocycles. The first-order valence-electron chi connectivity index (χ1n) is 3.96. The van der Waals surface area contributed by atoms with Gasteiger partial charge in [-0.25, -0.2) is 8.78 Å². The van der Waals surface area contributed by atoms with E-state index in [1.807, 2.05) is 0 Å². The summed E-state index contributed by atoms with van der Waals surface area (Å²) in [6, 6.07) is 4.99. The molecule has 0 saturated heterocycles. The first kappa shape index (κ1) is 8.74. The molecule has 2 rings (SSSR count). The number of fused-ring (bicyclic) bond motifs is 1. The number of hydrogen-bond acceptors (Lipinski definition) is 2. The highest BCUT2D eigenvalue weighted by molar-refractivity contribution is 5.87. The average molecular weight is 195 g/mol. The smallest absolute Gasteiger partial charge is 0.172 e. The summed E-state index contributed by atoms with van der Waals surface area (Å²) >= 11 is 0. The standard InChI is InChI=1S/C10H7F2NO/c11-9-5-2-4-8(14)10(12)6(5)1-3-7(9)13/h1-4,14H,13H2. The second-order valence-electron chi connectivity index (χ2n) is 2.96. The summed E-state index contributed by atoms with van der Waals surface area (Å²) in [5.74, 6) is -2.00. The molecule has 0 bridgehead atoms. The molecule has 0 unspecified atom stereocenters. The van der Waals surface area contributed by atoms with Crippen molar-refractivity contribution in [1.29, 1.82) is 0 Å². The first-order chi connectivity index (χ1) is 6.61. The number of nitrogen functional groups attached to an aromatic ring is 1. The molecule has 0 spiro atoms. The summed E-state index contributed by atoms with van der Waals surface area (Å²) in [5, 5.41) is 9.14. The van der Waals surface area contributed by atoms with E-state index in [2.05, 4.69) is 0 Å². The third-order valence-corrected chi connectivity index (χ3v) is 2.08. The molecule has 14 heavy (non-hydrogen) atoms. The fourth-order valence-corrected chi connectivity index (χ4v) is 1.34. The van der Waals surface area contributed by atoms with Gasteiger partial charge in [0.05, 0.1) is 5.69 Å². The van der Waals surface area contributed by atoms with Crippen LogP contribution in [0.25, 0.3) is 10.8 Å². The van der Waals surface area contributed by atoms with Gasteiger partial charge in [-0.05, 0) is 24.3 Å². The minimum atomic E-state index is -0.832. The van der Waals surface area contributed by atoms with Gasteiger partial charge in [0, 0.05) is 10.8 Å². The fourth-order valence-electron chi connectivity index (χ4n) is 1.34.